The van der Waals surface area contributed by atoms with Crippen LogP contribution in [0.4, 0.5) is 0 Å². The van der Waals surface area contributed by atoms with Gasteiger partial charge < -0.3 is 9.84 Å². The number of pyridine rings is 2. The van der Waals surface area contributed by atoms with E-state index in [9.17, 15) is 9.59 Å². The van der Waals surface area contributed by atoms with Crippen LogP contribution in [0.5, 0.6) is 0 Å². The number of aromatic carboxylic acids is 1. The van der Waals surface area contributed by atoms with Crippen LogP contribution >= 0.6 is 23.2 Å². The fourth-order valence-electron chi connectivity index (χ4n) is 2.74. The topological polar surface area (TPSA) is 147 Å². The molecule has 3 N–H and O–H groups in total. The number of aryl methyl sites for hydroxylation is 2. The second kappa shape index (κ2) is 10.9. The molecule has 0 unspecified atom stereocenters. The lowest BCUT2D eigenvalue weighted by atomic mass is 10.2. The predicted molar refractivity (Wildman–Crippen MR) is 126 cm³/mol. The SMILES string of the molecule is CCOC(=O)c1cccc(-c2n[nH]c(C)c2Cl)n1.Cc1[nH]nc(-c2cccc(C(=O)O)n2)c1Cl. The highest BCUT2D eigenvalue weighted by molar-refractivity contribution is 6.34. The molecule has 0 atom stereocenters. The number of carbonyl (C=O) groups is 2. The Bertz CT molecular complexity index is 1330. The summed E-state index contributed by atoms with van der Waals surface area (Å²) in [5.41, 5.74) is 3.65. The minimum Gasteiger partial charge on any atom is -0.477 e. The number of aromatic amines is 2. The van der Waals surface area contributed by atoms with Crippen LogP contribution in [0, 0.1) is 13.8 Å². The van der Waals surface area contributed by atoms with Gasteiger partial charge in [-0.25, -0.2) is 19.6 Å². The van der Waals surface area contributed by atoms with E-state index >= 15 is 0 Å². The highest BCUT2D eigenvalue weighted by atomic mass is 35.5. The Morgan fingerprint density at radius 1 is 0.882 bits per heavy atom. The Balaban J connectivity index is 0.000000192. The minimum absolute atomic E-state index is 0.0331. The van der Waals surface area contributed by atoms with Gasteiger partial charge in [-0.15, -0.1) is 0 Å². The van der Waals surface area contributed by atoms with E-state index in [0.717, 1.165) is 11.4 Å². The van der Waals surface area contributed by atoms with E-state index in [1.807, 2.05) is 6.92 Å². The lowest BCUT2D eigenvalue weighted by Crippen LogP contribution is -2.07. The number of esters is 1. The number of ether oxygens (including phenoxy) is 1. The number of nitrogens with one attached hydrogen (secondary N) is 2. The van der Waals surface area contributed by atoms with Gasteiger partial charge in [0.2, 0.25) is 0 Å². The van der Waals surface area contributed by atoms with Crippen LogP contribution < -0.4 is 0 Å². The highest BCUT2D eigenvalue weighted by Crippen LogP contribution is 2.27. The normalized spacial score (nSPS) is 10.4. The summed E-state index contributed by atoms with van der Waals surface area (Å²) in [6.45, 7) is 5.65. The number of nitrogens with zero attached hydrogens (tertiary/aromatic N) is 4. The van der Waals surface area contributed by atoms with Crippen LogP contribution in [0.1, 0.15) is 39.3 Å². The van der Waals surface area contributed by atoms with E-state index in [0.29, 0.717) is 39.4 Å². The van der Waals surface area contributed by atoms with Crippen molar-refractivity contribution in [2.24, 2.45) is 0 Å². The molecule has 0 bridgehead atoms. The molecular weight excluding hydrogens is 483 g/mol. The molecule has 176 valence electrons. The molecule has 0 saturated carbocycles. The molecule has 4 aromatic heterocycles. The smallest absolute Gasteiger partial charge is 0.356 e. The minimum atomic E-state index is -1.08. The van der Waals surface area contributed by atoms with Crippen LogP contribution in [0.3, 0.4) is 0 Å². The van der Waals surface area contributed by atoms with Crippen LogP contribution in [-0.4, -0.2) is 54.0 Å². The number of hydrogen-bond donors (Lipinski definition) is 3. The van der Waals surface area contributed by atoms with Crippen molar-refractivity contribution in [1.29, 1.82) is 0 Å². The fraction of sp³-hybridized carbons (Fsp3) is 0.182. The Hall–Kier alpha value is -3.76. The number of H-pyrrole nitrogens is 2. The van der Waals surface area contributed by atoms with E-state index in [1.165, 1.54) is 6.07 Å². The van der Waals surface area contributed by atoms with Gasteiger partial charge in [-0.3, -0.25) is 10.2 Å². The largest absolute Gasteiger partial charge is 0.477 e. The first-order chi connectivity index (χ1) is 16.2. The number of rotatable bonds is 5. The fourth-order valence-corrected chi connectivity index (χ4v) is 3.10. The number of hydrogen-bond acceptors (Lipinski definition) is 7. The summed E-state index contributed by atoms with van der Waals surface area (Å²) in [5.74, 6) is -1.53. The molecule has 0 radical (unpaired) electrons. The third-order valence-electron chi connectivity index (χ3n) is 4.43. The zero-order chi connectivity index (χ0) is 24.8. The van der Waals surface area contributed by atoms with Crippen LogP contribution in [0.2, 0.25) is 10.0 Å². The Morgan fingerprint density at radius 2 is 1.35 bits per heavy atom. The van der Waals surface area contributed by atoms with E-state index in [1.54, 1.807) is 44.2 Å². The van der Waals surface area contributed by atoms with Crippen molar-refractivity contribution < 1.29 is 19.4 Å². The van der Waals surface area contributed by atoms with Gasteiger partial charge in [0.05, 0.1) is 39.4 Å². The second-order valence-corrected chi connectivity index (χ2v) is 7.62. The summed E-state index contributed by atoms with van der Waals surface area (Å²) >= 11 is 12.1. The van der Waals surface area contributed by atoms with Crippen LogP contribution in [-0.2, 0) is 4.74 Å². The Labute approximate surface area is 204 Å². The maximum atomic E-state index is 11.6. The summed E-state index contributed by atoms with van der Waals surface area (Å²) in [7, 11) is 0. The molecule has 0 amide bonds. The summed E-state index contributed by atoms with van der Waals surface area (Å²) in [6.07, 6.45) is 0. The van der Waals surface area contributed by atoms with Crippen molar-refractivity contribution in [3.63, 3.8) is 0 Å². The van der Waals surface area contributed by atoms with Gasteiger partial charge in [0, 0.05) is 0 Å². The van der Waals surface area contributed by atoms with Crippen LogP contribution in [0.25, 0.3) is 22.8 Å². The van der Waals surface area contributed by atoms with E-state index < -0.39 is 11.9 Å². The Morgan fingerprint density at radius 3 is 1.76 bits per heavy atom. The predicted octanol–water partition coefficient (Wildman–Crippen LogP) is 4.74. The zero-order valence-electron chi connectivity index (χ0n) is 18.4. The van der Waals surface area contributed by atoms with E-state index in [-0.39, 0.29) is 11.4 Å². The third-order valence-corrected chi connectivity index (χ3v) is 5.36. The molecule has 0 fully saturated rings. The van der Waals surface area contributed by atoms with Crippen LogP contribution in [0.15, 0.2) is 36.4 Å². The molecule has 4 aromatic rings. The Kier molecular flexibility index (Phi) is 7.98. The number of halogens is 2. The lowest BCUT2D eigenvalue weighted by Gasteiger charge is -2.02. The standard InChI is InChI=1S/C12H12ClN3O2.C10H8ClN3O2/c1-3-18-12(17)9-6-4-5-8(14-9)11-10(13)7(2)15-16-11;1-5-8(11)9(14-13-5)6-3-2-4-7(12-6)10(15)16/h4-6H,3H2,1-2H3,(H,15,16);2-4H,1H3,(H,13,14)(H,15,16). The van der Waals surface area contributed by atoms with Crippen molar-refractivity contribution >= 4 is 35.1 Å². The quantitative estimate of drug-likeness (QED) is 0.331. The third kappa shape index (κ3) is 5.59. The maximum Gasteiger partial charge on any atom is 0.356 e. The first kappa shape index (κ1) is 24.9. The molecule has 0 aromatic carbocycles. The first-order valence-corrected chi connectivity index (χ1v) is 10.7. The molecule has 10 nitrogen and oxygen atoms in total. The molecule has 0 spiro atoms. The lowest BCUT2D eigenvalue weighted by molar-refractivity contribution is 0.0519. The van der Waals surface area contributed by atoms with Gasteiger partial charge in [0.15, 0.2) is 0 Å². The molecule has 4 rings (SSSR count). The molecule has 0 aliphatic heterocycles. The number of carboxylic acids is 1. The summed E-state index contributed by atoms with van der Waals surface area (Å²) in [6, 6.07) is 9.73. The molecule has 0 aliphatic rings. The van der Waals surface area contributed by atoms with Crippen molar-refractivity contribution in [3.8, 4) is 22.8 Å². The van der Waals surface area contributed by atoms with Crippen molar-refractivity contribution in [3.05, 3.63) is 69.2 Å². The monoisotopic (exact) mass is 502 g/mol. The van der Waals surface area contributed by atoms with Gasteiger partial charge in [-0.1, -0.05) is 35.3 Å². The van der Waals surface area contributed by atoms with Gasteiger partial charge in [0.25, 0.3) is 0 Å². The molecule has 34 heavy (non-hydrogen) atoms. The number of carboxylic acid groups (broad SMARTS) is 1. The highest BCUT2D eigenvalue weighted by Gasteiger charge is 2.15. The number of aromatic nitrogens is 6. The van der Waals surface area contributed by atoms with Crippen molar-refractivity contribution in [2.45, 2.75) is 20.8 Å². The number of carbonyl (C=O) groups excluding carboxylic acids is 1. The summed E-state index contributed by atoms with van der Waals surface area (Å²) < 4.78 is 4.89. The molecule has 0 saturated heterocycles. The average molecular weight is 503 g/mol. The maximum absolute atomic E-state index is 11.6. The molecular formula is C22H20Cl2N6O4. The second-order valence-electron chi connectivity index (χ2n) is 6.86. The van der Waals surface area contributed by atoms with Gasteiger partial charge in [-0.05, 0) is 45.0 Å². The van der Waals surface area contributed by atoms with Crippen molar-refractivity contribution in [2.75, 3.05) is 6.61 Å². The van der Waals surface area contributed by atoms with E-state index in [2.05, 4.69) is 30.4 Å². The van der Waals surface area contributed by atoms with Gasteiger partial charge in [-0.2, -0.15) is 10.2 Å². The molecule has 4 heterocycles. The zero-order valence-corrected chi connectivity index (χ0v) is 19.9. The van der Waals surface area contributed by atoms with Gasteiger partial charge >= 0.3 is 11.9 Å². The average Bonchev–Trinajstić information content (AvgIpc) is 3.35. The summed E-state index contributed by atoms with van der Waals surface area (Å²) in [5, 5.41) is 23.3. The van der Waals surface area contributed by atoms with Crippen molar-refractivity contribution in [1.82, 2.24) is 30.4 Å². The molecule has 12 heteroatoms. The van der Waals surface area contributed by atoms with E-state index in [4.69, 9.17) is 33.0 Å². The first-order valence-electron chi connectivity index (χ1n) is 9.99. The summed E-state index contributed by atoms with van der Waals surface area (Å²) in [4.78, 5) is 30.5. The molecule has 0 aliphatic carbocycles. The van der Waals surface area contributed by atoms with Gasteiger partial charge in [0.1, 0.15) is 22.8 Å².